The van der Waals surface area contributed by atoms with Crippen molar-refractivity contribution < 1.29 is 14.2 Å². The first-order valence-corrected chi connectivity index (χ1v) is 9.90. The zero-order valence-electron chi connectivity index (χ0n) is 17.3. The highest BCUT2D eigenvalue weighted by Gasteiger charge is 2.10. The predicted octanol–water partition coefficient (Wildman–Crippen LogP) is 2.14. The molecule has 28 heavy (non-hydrogen) atoms. The van der Waals surface area contributed by atoms with Gasteiger partial charge in [0.1, 0.15) is 0 Å². The Morgan fingerprint density at radius 3 is 2.43 bits per heavy atom. The summed E-state index contributed by atoms with van der Waals surface area (Å²) in [5.41, 5.74) is 1.21. The van der Waals surface area contributed by atoms with Gasteiger partial charge in [0.2, 0.25) is 0 Å². The van der Waals surface area contributed by atoms with Crippen LogP contribution in [0.25, 0.3) is 0 Å². The van der Waals surface area contributed by atoms with Crippen LogP contribution in [-0.4, -0.2) is 77.1 Å². The largest absolute Gasteiger partial charge is 0.490 e. The molecule has 1 heterocycles. The summed E-state index contributed by atoms with van der Waals surface area (Å²) in [6.45, 7) is 11.6. The SMILES string of the molecule is CCOc1ccc(CCNC(=NC)NCCN2CCOCC2)cc1OCC.I. The molecule has 7 nitrogen and oxygen atoms in total. The zero-order chi connectivity index (χ0) is 19.3. The van der Waals surface area contributed by atoms with Gasteiger partial charge in [0, 0.05) is 39.8 Å². The van der Waals surface area contributed by atoms with E-state index in [-0.39, 0.29) is 24.0 Å². The Kier molecular flexibility index (Phi) is 13.0. The molecule has 160 valence electrons. The highest BCUT2D eigenvalue weighted by Crippen LogP contribution is 2.28. The minimum atomic E-state index is 0. The van der Waals surface area contributed by atoms with E-state index in [4.69, 9.17) is 14.2 Å². The van der Waals surface area contributed by atoms with Crippen LogP contribution in [0.1, 0.15) is 19.4 Å². The molecule has 0 bridgehead atoms. The second-order valence-electron chi connectivity index (χ2n) is 6.28. The highest BCUT2D eigenvalue weighted by atomic mass is 127. The number of nitrogens with zero attached hydrogens (tertiary/aromatic N) is 2. The Morgan fingerprint density at radius 2 is 1.75 bits per heavy atom. The van der Waals surface area contributed by atoms with Crippen molar-refractivity contribution in [3.8, 4) is 11.5 Å². The molecule has 0 saturated carbocycles. The van der Waals surface area contributed by atoms with E-state index in [0.29, 0.717) is 13.2 Å². The lowest BCUT2D eigenvalue weighted by Gasteiger charge is -2.26. The first-order valence-electron chi connectivity index (χ1n) is 9.90. The second kappa shape index (κ2) is 14.7. The van der Waals surface area contributed by atoms with Crippen molar-refractivity contribution >= 4 is 29.9 Å². The van der Waals surface area contributed by atoms with Crippen molar-refractivity contribution in [1.82, 2.24) is 15.5 Å². The Morgan fingerprint density at radius 1 is 1.07 bits per heavy atom. The molecule has 0 spiro atoms. The number of halogens is 1. The van der Waals surface area contributed by atoms with E-state index in [1.54, 1.807) is 7.05 Å². The summed E-state index contributed by atoms with van der Waals surface area (Å²) in [5, 5.41) is 6.74. The maximum atomic E-state index is 5.69. The molecule has 1 saturated heterocycles. The normalized spacial score (nSPS) is 14.9. The number of benzene rings is 1. The fraction of sp³-hybridized carbons (Fsp3) is 0.650. The number of hydrogen-bond acceptors (Lipinski definition) is 5. The van der Waals surface area contributed by atoms with Gasteiger partial charge in [-0.15, -0.1) is 24.0 Å². The third-order valence-corrected chi connectivity index (χ3v) is 4.36. The number of ether oxygens (including phenoxy) is 3. The van der Waals surface area contributed by atoms with E-state index in [1.165, 1.54) is 5.56 Å². The number of guanidine groups is 1. The summed E-state index contributed by atoms with van der Waals surface area (Å²) in [6.07, 6.45) is 0.886. The van der Waals surface area contributed by atoms with Crippen LogP contribution in [0.15, 0.2) is 23.2 Å². The summed E-state index contributed by atoms with van der Waals surface area (Å²) in [4.78, 5) is 6.70. The lowest BCUT2D eigenvalue weighted by Crippen LogP contribution is -2.44. The quantitative estimate of drug-likeness (QED) is 0.288. The second-order valence-corrected chi connectivity index (χ2v) is 6.28. The van der Waals surface area contributed by atoms with Crippen LogP contribution in [0, 0.1) is 0 Å². The van der Waals surface area contributed by atoms with Gasteiger partial charge < -0.3 is 24.8 Å². The molecule has 1 aromatic rings. The Bertz CT molecular complexity index is 581. The Hall–Kier alpha value is -1.26. The fourth-order valence-electron chi connectivity index (χ4n) is 2.95. The minimum Gasteiger partial charge on any atom is -0.490 e. The predicted molar refractivity (Wildman–Crippen MR) is 125 cm³/mol. The monoisotopic (exact) mass is 506 g/mol. The lowest BCUT2D eigenvalue weighted by molar-refractivity contribution is 0.0389. The molecule has 0 aliphatic carbocycles. The number of rotatable bonds is 10. The first-order chi connectivity index (χ1) is 13.3. The highest BCUT2D eigenvalue weighted by molar-refractivity contribution is 14.0. The number of aliphatic imine (C=N–C) groups is 1. The molecule has 1 aromatic carbocycles. The van der Waals surface area contributed by atoms with Crippen LogP contribution in [0.4, 0.5) is 0 Å². The smallest absolute Gasteiger partial charge is 0.191 e. The van der Waals surface area contributed by atoms with Crippen LogP contribution in [0.2, 0.25) is 0 Å². The summed E-state index contributed by atoms with van der Waals surface area (Å²) < 4.78 is 16.7. The third-order valence-electron chi connectivity index (χ3n) is 4.36. The van der Waals surface area contributed by atoms with Gasteiger partial charge >= 0.3 is 0 Å². The molecule has 1 aliphatic heterocycles. The minimum absolute atomic E-state index is 0. The molecule has 0 radical (unpaired) electrons. The summed E-state index contributed by atoms with van der Waals surface area (Å²) in [5.74, 6) is 2.45. The van der Waals surface area contributed by atoms with Gasteiger partial charge in [-0.25, -0.2) is 0 Å². The van der Waals surface area contributed by atoms with E-state index in [2.05, 4.69) is 32.7 Å². The van der Waals surface area contributed by atoms with Gasteiger partial charge in [0.15, 0.2) is 17.5 Å². The average Bonchev–Trinajstić information content (AvgIpc) is 2.70. The van der Waals surface area contributed by atoms with Gasteiger partial charge in [-0.1, -0.05) is 6.07 Å². The van der Waals surface area contributed by atoms with E-state index in [9.17, 15) is 0 Å². The van der Waals surface area contributed by atoms with Crippen LogP contribution >= 0.6 is 24.0 Å². The number of morpholine rings is 1. The molecule has 0 amide bonds. The van der Waals surface area contributed by atoms with Crippen molar-refractivity contribution in [3.05, 3.63) is 23.8 Å². The van der Waals surface area contributed by atoms with Crippen molar-refractivity contribution in [1.29, 1.82) is 0 Å². The number of hydrogen-bond donors (Lipinski definition) is 2. The van der Waals surface area contributed by atoms with Gasteiger partial charge in [-0.2, -0.15) is 0 Å². The molecule has 0 aromatic heterocycles. The van der Waals surface area contributed by atoms with Gasteiger partial charge in [0.05, 0.1) is 26.4 Å². The van der Waals surface area contributed by atoms with Crippen molar-refractivity contribution in [2.24, 2.45) is 4.99 Å². The fourth-order valence-corrected chi connectivity index (χ4v) is 2.95. The first kappa shape index (κ1) is 24.8. The van der Waals surface area contributed by atoms with Crippen LogP contribution < -0.4 is 20.1 Å². The topological polar surface area (TPSA) is 67.4 Å². The molecule has 2 rings (SSSR count). The molecule has 2 N–H and O–H groups in total. The van der Waals surface area contributed by atoms with Gasteiger partial charge in [-0.3, -0.25) is 9.89 Å². The van der Waals surface area contributed by atoms with E-state index in [1.807, 2.05) is 19.9 Å². The van der Waals surface area contributed by atoms with Crippen LogP contribution in [-0.2, 0) is 11.2 Å². The Labute approximate surface area is 186 Å². The van der Waals surface area contributed by atoms with Gasteiger partial charge in [-0.05, 0) is 38.0 Å². The molecule has 1 aliphatic rings. The third kappa shape index (κ3) is 8.83. The summed E-state index contributed by atoms with van der Waals surface area (Å²) in [7, 11) is 1.80. The van der Waals surface area contributed by atoms with E-state index < -0.39 is 0 Å². The standard InChI is InChI=1S/C20H34N4O3.HI/c1-4-26-18-7-6-17(16-19(18)27-5-2)8-9-22-20(21-3)23-10-11-24-12-14-25-15-13-24;/h6-7,16H,4-5,8-15H2,1-3H3,(H2,21,22,23);1H. The molecule has 1 fully saturated rings. The van der Waals surface area contributed by atoms with Crippen LogP contribution in [0.5, 0.6) is 11.5 Å². The summed E-state index contributed by atoms with van der Waals surface area (Å²) >= 11 is 0. The Balaban J connectivity index is 0.00000392. The van der Waals surface area contributed by atoms with Crippen molar-refractivity contribution in [2.45, 2.75) is 20.3 Å². The van der Waals surface area contributed by atoms with E-state index in [0.717, 1.165) is 69.8 Å². The maximum absolute atomic E-state index is 5.69. The zero-order valence-corrected chi connectivity index (χ0v) is 19.7. The van der Waals surface area contributed by atoms with Crippen molar-refractivity contribution in [2.75, 3.05) is 66.2 Å². The number of nitrogens with one attached hydrogen (secondary N) is 2. The van der Waals surface area contributed by atoms with E-state index >= 15 is 0 Å². The maximum Gasteiger partial charge on any atom is 0.191 e. The molecule has 0 unspecified atom stereocenters. The summed E-state index contributed by atoms with van der Waals surface area (Å²) in [6, 6.07) is 6.13. The molecular weight excluding hydrogens is 471 g/mol. The van der Waals surface area contributed by atoms with Crippen molar-refractivity contribution in [3.63, 3.8) is 0 Å². The molecule has 0 atom stereocenters. The van der Waals surface area contributed by atoms with Gasteiger partial charge in [0.25, 0.3) is 0 Å². The molecule has 8 heteroatoms. The van der Waals surface area contributed by atoms with Crippen LogP contribution in [0.3, 0.4) is 0 Å². The molecular formula is C20H35IN4O3. The average molecular weight is 506 g/mol. The lowest BCUT2D eigenvalue weighted by atomic mass is 10.1.